The predicted octanol–water partition coefficient (Wildman–Crippen LogP) is 4.07. The van der Waals surface area contributed by atoms with Crippen LogP contribution in [0.25, 0.3) is 0 Å². The molecule has 138 valence electrons. The number of fused-ring (bicyclic) bond motifs is 1. The molecule has 0 N–H and O–H groups in total. The highest BCUT2D eigenvalue weighted by Gasteiger charge is 2.21. The number of aromatic nitrogens is 1. The molecule has 0 saturated heterocycles. The first-order valence-corrected chi connectivity index (χ1v) is 9.12. The second-order valence-electron chi connectivity index (χ2n) is 6.86. The number of carbonyl (C=O) groups is 1. The van der Waals surface area contributed by atoms with Crippen LogP contribution in [0.3, 0.4) is 0 Å². The van der Waals surface area contributed by atoms with E-state index in [0.29, 0.717) is 24.5 Å². The highest BCUT2D eigenvalue weighted by Crippen LogP contribution is 2.23. The molecule has 0 saturated carbocycles. The van der Waals surface area contributed by atoms with Crippen LogP contribution in [-0.2, 0) is 19.6 Å². The molecule has 1 aliphatic rings. The van der Waals surface area contributed by atoms with E-state index in [1.807, 2.05) is 43.0 Å². The van der Waals surface area contributed by atoms with E-state index in [9.17, 15) is 4.79 Å². The van der Waals surface area contributed by atoms with Crippen LogP contribution in [0, 0.1) is 13.8 Å². The van der Waals surface area contributed by atoms with Crippen LogP contribution in [0.1, 0.15) is 38.5 Å². The zero-order valence-corrected chi connectivity index (χ0v) is 15.6. The van der Waals surface area contributed by atoms with Crippen molar-refractivity contribution in [1.82, 2.24) is 10.1 Å². The van der Waals surface area contributed by atoms with Crippen molar-refractivity contribution in [3.8, 4) is 5.75 Å². The average molecular weight is 362 g/mol. The lowest BCUT2D eigenvalue weighted by atomic mass is 9.99. The summed E-state index contributed by atoms with van der Waals surface area (Å²) in [4.78, 5) is 14.8. The molecule has 4 rings (SSSR count). The molecule has 27 heavy (non-hydrogen) atoms. The summed E-state index contributed by atoms with van der Waals surface area (Å²) in [5.74, 6) is 1.46. The Hall–Kier alpha value is -3.08. The van der Waals surface area contributed by atoms with Gasteiger partial charge in [-0.3, -0.25) is 4.79 Å². The molecule has 0 aliphatic carbocycles. The standard InChI is InChI=1S/C22H22N2O3/c1-15-21(16(2)27-23-15)14-26-20-9-5-8-18(12-20)22(25)24-11-10-17-6-3-4-7-19(17)13-24/h3-9,12H,10-11,13-14H2,1-2H3. The summed E-state index contributed by atoms with van der Waals surface area (Å²) in [5, 5.41) is 3.94. The lowest BCUT2D eigenvalue weighted by molar-refractivity contribution is 0.0734. The van der Waals surface area contributed by atoms with Crippen molar-refractivity contribution in [2.45, 2.75) is 33.4 Å². The Bertz CT molecular complexity index is 958. The van der Waals surface area contributed by atoms with Gasteiger partial charge in [-0.25, -0.2) is 0 Å². The maximum Gasteiger partial charge on any atom is 0.254 e. The van der Waals surface area contributed by atoms with Gasteiger partial charge in [-0.15, -0.1) is 0 Å². The maximum atomic E-state index is 12.9. The van der Waals surface area contributed by atoms with Gasteiger partial charge in [-0.1, -0.05) is 35.5 Å². The van der Waals surface area contributed by atoms with E-state index in [4.69, 9.17) is 9.26 Å². The Morgan fingerprint density at radius 1 is 1.15 bits per heavy atom. The molecular weight excluding hydrogens is 340 g/mol. The van der Waals surface area contributed by atoms with E-state index >= 15 is 0 Å². The zero-order chi connectivity index (χ0) is 18.8. The third-order valence-corrected chi connectivity index (χ3v) is 5.06. The molecule has 5 heteroatoms. The van der Waals surface area contributed by atoms with Crippen molar-refractivity contribution in [3.05, 3.63) is 82.2 Å². The Morgan fingerprint density at radius 2 is 1.96 bits per heavy atom. The second kappa shape index (κ2) is 7.27. The number of aryl methyl sites for hydroxylation is 2. The number of ether oxygens (including phenoxy) is 1. The van der Waals surface area contributed by atoms with Gasteiger partial charge in [0.2, 0.25) is 0 Å². The number of rotatable bonds is 4. The molecule has 0 unspecified atom stereocenters. The molecule has 1 aliphatic heterocycles. The molecule has 2 heterocycles. The van der Waals surface area contributed by atoms with Crippen LogP contribution < -0.4 is 4.74 Å². The third kappa shape index (κ3) is 3.58. The molecule has 1 aromatic heterocycles. The molecule has 5 nitrogen and oxygen atoms in total. The van der Waals surface area contributed by atoms with Crippen molar-refractivity contribution in [2.75, 3.05) is 6.54 Å². The van der Waals surface area contributed by atoms with Crippen LogP contribution in [-0.4, -0.2) is 22.5 Å². The van der Waals surface area contributed by atoms with Crippen LogP contribution in [0.2, 0.25) is 0 Å². The predicted molar refractivity (Wildman–Crippen MR) is 102 cm³/mol. The fourth-order valence-corrected chi connectivity index (χ4v) is 3.43. The number of benzene rings is 2. The van der Waals surface area contributed by atoms with Crippen LogP contribution in [0.4, 0.5) is 0 Å². The molecule has 0 spiro atoms. The monoisotopic (exact) mass is 362 g/mol. The van der Waals surface area contributed by atoms with E-state index < -0.39 is 0 Å². The fraction of sp³-hybridized carbons (Fsp3) is 0.273. The summed E-state index contributed by atoms with van der Waals surface area (Å²) in [7, 11) is 0. The SMILES string of the molecule is Cc1noc(C)c1COc1cccc(C(=O)N2CCc3ccccc3C2)c1. The smallest absolute Gasteiger partial charge is 0.254 e. The summed E-state index contributed by atoms with van der Waals surface area (Å²) < 4.78 is 11.0. The van der Waals surface area contributed by atoms with Crippen molar-refractivity contribution < 1.29 is 14.1 Å². The largest absolute Gasteiger partial charge is 0.489 e. The molecule has 2 aromatic carbocycles. The van der Waals surface area contributed by atoms with Gasteiger partial charge in [0.15, 0.2) is 0 Å². The minimum Gasteiger partial charge on any atom is -0.489 e. The molecule has 1 amide bonds. The molecule has 0 fully saturated rings. The van der Waals surface area contributed by atoms with E-state index in [-0.39, 0.29) is 5.91 Å². The molecule has 0 atom stereocenters. The quantitative estimate of drug-likeness (QED) is 0.702. The first-order valence-electron chi connectivity index (χ1n) is 9.12. The summed E-state index contributed by atoms with van der Waals surface area (Å²) in [6, 6.07) is 15.7. The zero-order valence-electron chi connectivity index (χ0n) is 15.6. The molecule has 0 bridgehead atoms. The van der Waals surface area contributed by atoms with Gasteiger partial charge in [-0.2, -0.15) is 0 Å². The average Bonchev–Trinajstić information content (AvgIpc) is 3.03. The Labute approximate surface area is 158 Å². The number of nitrogens with zero attached hydrogens (tertiary/aromatic N) is 2. The van der Waals surface area contributed by atoms with Gasteiger partial charge < -0.3 is 14.2 Å². The number of hydrogen-bond acceptors (Lipinski definition) is 4. The third-order valence-electron chi connectivity index (χ3n) is 5.06. The van der Waals surface area contributed by atoms with E-state index in [1.165, 1.54) is 11.1 Å². The van der Waals surface area contributed by atoms with Crippen LogP contribution in [0.5, 0.6) is 5.75 Å². The number of hydrogen-bond donors (Lipinski definition) is 0. The van der Waals surface area contributed by atoms with Gasteiger partial charge in [0, 0.05) is 18.7 Å². The second-order valence-corrected chi connectivity index (χ2v) is 6.86. The summed E-state index contributed by atoms with van der Waals surface area (Å²) in [6.45, 7) is 5.52. The molecular formula is C22H22N2O3. The Kier molecular flexibility index (Phi) is 4.67. The van der Waals surface area contributed by atoms with Gasteiger partial charge in [0.05, 0.1) is 11.3 Å². The first kappa shape index (κ1) is 17.3. The lowest BCUT2D eigenvalue weighted by Gasteiger charge is -2.29. The summed E-state index contributed by atoms with van der Waals surface area (Å²) >= 11 is 0. The van der Waals surface area contributed by atoms with Gasteiger partial charge >= 0.3 is 0 Å². The highest BCUT2D eigenvalue weighted by atomic mass is 16.5. The van der Waals surface area contributed by atoms with E-state index in [0.717, 1.165) is 30.0 Å². The lowest BCUT2D eigenvalue weighted by Crippen LogP contribution is -2.35. The van der Waals surface area contributed by atoms with Crippen LogP contribution in [0.15, 0.2) is 53.1 Å². The van der Waals surface area contributed by atoms with Crippen molar-refractivity contribution in [2.24, 2.45) is 0 Å². The van der Waals surface area contributed by atoms with Gasteiger partial charge in [0.25, 0.3) is 5.91 Å². The highest BCUT2D eigenvalue weighted by molar-refractivity contribution is 5.94. The number of amides is 1. The maximum absolute atomic E-state index is 12.9. The van der Waals surface area contributed by atoms with Crippen molar-refractivity contribution in [1.29, 1.82) is 0 Å². The summed E-state index contributed by atoms with van der Waals surface area (Å²) in [5.41, 5.74) is 4.97. The fourth-order valence-electron chi connectivity index (χ4n) is 3.43. The minimum atomic E-state index is 0.0345. The molecule has 0 radical (unpaired) electrons. The van der Waals surface area contributed by atoms with Gasteiger partial charge in [0.1, 0.15) is 18.1 Å². The van der Waals surface area contributed by atoms with Crippen molar-refractivity contribution >= 4 is 5.91 Å². The molecule has 3 aromatic rings. The Morgan fingerprint density at radius 3 is 2.74 bits per heavy atom. The van der Waals surface area contributed by atoms with E-state index in [2.05, 4.69) is 23.4 Å². The number of carbonyl (C=O) groups excluding carboxylic acids is 1. The Balaban J connectivity index is 1.47. The topological polar surface area (TPSA) is 55.6 Å². The van der Waals surface area contributed by atoms with Crippen molar-refractivity contribution in [3.63, 3.8) is 0 Å². The van der Waals surface area contributed by atoms with E-state index in [1.54, 1.807) is 6.07 Å². The normalized spacial score (nSPS) is 13.3. The van der Waals surface area contributed by atoms with Gasteiger partial charge in [-0.05, 0) is 49.6 Å². The van der Waals surface area contributed by atoms with Crippen LogP contribution >= 0.6 is 0 Å². The first-order chi connectivity index (χ1) is 13.1. The minimum absolute atomic E-state index is 0.0345. The summed E-state index contributed by atoms with van der Waals surface area (Å²) in [6.07, 6.45) is 0.893.